The average Bonchev–Trinajstić information content (AvgIpc) is 2.14. The first-order chi connectivity index (χ1) is 7.07. The molecule has 0 radical (unpaired) electrons. The van der Waals surface area contributed by atoms with Gasteiger partial charge < -0.3 is 5.73 Å². The van der Waals surface area contributed by atoms with Gasteiger partial charge in [0.25, 0.3) is 0 Å². The van der Waals surface area contributed by atoms with Crippen molar-refractivity contribution >= 4 is 0 Å². The van der Waals surface area contributed by atoms with E-state index in [0.717, 1.165) is 24.3 Å². The summed E-state index contributed by atoms with van der Waals surface area (Å²) in [6.07, 6.45) is 8.85. The monoisotopic (exact) mass is 207 g/mol. The summed E-state index contributed by atoms with van der Waals surface area (Å²) in [5, 5.41) is 0. The Hall–Kier alpha value is -0.0400. The molecule has 0 aliphatic heterocycles. The van der Waals surface area contributed by atoms with Gasteiger partial charge in [-0.2, -0.15) is 0 Å². The molecule has 86 valence electrons. The van der Waals surface area contributed by atoms with Crippen LogP contribution in [0.3, 0.4) is 0 Å². The van der Waals surface area contributed by atoms with Crippen molar-refractivity contribution in [3.63, 3.8) is 0 Å². The Balaban J connectivity index is 1.97. The van der Waals surface area contributed by atoms with Crippen LogP contribution < -0.4 is 5.73 Å². The summed E-state index contributed by atoms with van der Waals surface area (Å²) in [6.45, 7) is 5.96. The highest BCUT2D eigenvalue weighted by Gasteiger charge is 2.60. The Morgan fingerprint density at radius 1 is 1.07 bits per heavy atom. The van der Waals surface area contributed by atoms with Crippen LogP contribution in [0.4, 0.5) is 0 Å². The quantitative estimate of drug-likeness (QED) is 0.739. The molecule has 4 bridgehead atoms. The topological polar surface area (TPSA) is 26.0 Å². The van der Waals surface area contributed by atoms with Crippen LogP contribution in [0.5, 0.6) is 0 Å². The molecule has 2 unspecified atom stereocenters. The Bertz CT molecular complexity index is 255. The summed E-state index contributed by atoms with van der Waals surface area (Å²) >= 11 is 0. The van der Waals surface area contributed by atoms with E-state index in [9.17, 15) is 0 Å². The summed E-state index contributed by atoms with van der Waals surface area (Å²) in [6, 6.07) is 0. The summed E-state index contributed by atoms with van der Waals surface area (Å²) in [7, 11) is 0. The fourth-order valence-electron chi connectivity index (χ4n) is 5.44. The van der Waals surface area contributed by atoms with E-state index in [1.165, 1.54) is 32.1 Å². The second-order valence-electron chi connectivity index (χ2n) is 7.09. The van der Waals surface area contributed by atoms with Crippen molar-refractivity contribution in [2.75, 3.05) is 6.54 Å². The molecule has 4 aliphatic carbocycles. The zero-order chi connectivity index (χ0) is 10.7. The molecular weight excluding hydrogens is 182 g/mol. The second-order valence-corrected chi connectivity index (χ2v) is 7.09. The van der Waals surface area contributed by atoms with Gasteiger partial charge in [0.15, 0.2) is 0 Å². The predicted molar refractivity (Wildman–Crippen MR) is 63.4 cm³/mol. The van der Waals surface area contributed by atoms with Gasteiger partial charge in [-0.15, -0.1) is 0 Å². The normalized spacial score (nSPS) is 51.0. The van der Waals surface area contributed by atoms with Gasteiger partial charge in [0.05, 0.1) is 0 Å². The molecule has 15 heavy (non-hydrogen) atoms. The lowest BCUT2D eigenvalue weighted by Gasteiger charge is -2.66. The lowest BCUT2D eigenvalue weighted by atomic mass is 9.39. The van der Waals surface area contributed by atoms with Crippen LogP contribution in [0.15, 0.2) is 0 Å². The first-order valence-corrected chi connectivity index (χ1v) is 6.77. The third-order valence-electron chi connectivity index (χ3n) is 6.27. The number of hydrogen-bond acceptors (Lipinski definition) is 1. The molecule has 2 atom stereocenters. The minimum atomic E-state index is 0.569. The van der Waals surface area contributed by atoms with Crippen molar-refractivity contribution in [2.45, 2.75) is 52.4 Å². The van der Waals surface area contributed by atoms with Crippen molar-refractivity contribution in [1.29, 1.82) is 0 Å². The second kappa shape index (κ2) is 3.00. The van der Waals surface area contributed by atoms with Gasteiger partial charge in [0.2, 0.25) is 0 Å². The molecule has 0 amide bonds. The minimum absolute atomic E-state index is 0.569. The molecule has 0 aromatic carbocycles. The number of rotatable bonds is 2. The molecular formula is C14H25N. The van der Waals surface area contributed by atoms with Crippen LogP contribution in [0.1, 0.15) is 52.4 Å². The lowest BCUT2D eigenvalue weighted by Crippen LogP contribution is -2.58. The third-order valence-corrected chi connectivity index (χ3v) is 6.27. The van der Waals surface area contributed by atoms with E-state index in [2.05, 4.69) is 13.8 Å². The Labute approximate surface area is 93.8 Å². The van der Waals surface area contributed by atoms with E-state index < -0.39 is 0 Å². The molecule has 4 rings (SSSR count). The van der Waals surface area contributed by atoms with Gasteiger partial charge in [-0.1, -0.05) is 13.8 Å². The fraction of sp³-hybridized carbons (Fsp3) is 1.00. The summed E-state index contributed by atoms with van der Waals surface area (Å²) in [5.41, 5.74) is 7.06. The first kappa shape index (κ1) is 10.1. The van der Waals surface area contributed by atoms with E-state index in [0.29, 0.717) is 10.8 Å². The first-order valence-electron chi connectivity index (χ1n) is 6.77. The molecule has 0 aromatic heterocycles. The van der Waals surface area contributed by atoms with Crippen LogP contribution >= 0.6 is 0 Å². The largest absolute Gasteiger partial charge is 0.330 e. The van der Waals surface area contributed by atoms with Crippen molar-refractivity contribution in [1.82, 2.24) is 0 Å². The van der Waals surface area contributed by atoms with Crippen molar-refractivity contribution in [3.8, 4) is 0 Å². The van der Waals surface area contributed by atoms with Crippen molar-refractivity contribution in [3.05, 3.63) is 0 Å². The molecule has 4 aliphatic rings. The highest BCUT2D eigenvalue weighted by atomic mass is 14.7. The van der Waals surface area contributed by atoms with Crippen LogP contribution in [0.2, 0.25) is 0 Å². The molecule has 1 heteroatoms. The van der Waals surface area contributed by atoms with Crippen LogP contribution in [0.25, 0.3) is 0 Å². The third kappa shape index (κ3) is 1.19. The molecule has 0 spiro atoms. The van der Waals surface area contributed by atoms with Crippen LogP contribution in [-0.2, 0) is 0 Å². The Kier molecular flexibility index (Phi) is 2.03. The molecule has 2 N–H and O–H groups in total. The predicted octanol–water partition coefficient (Wildman–Crippen LogP) is 3.19. The fourth-order valence-corrected chi connectivity index (χ4v) is 5.44. The number of nitrogens with two attached hydrogens (primary N) is 1. The molecule has 0 heterocycles. The standard InChI is InChI=1S/C14H25N/c1-13(2)12-6-10-5-11(7-12)9-14(13,8-10)3-4-15/h10-12H,3-9,15H2,1-2H3. The van der Waals surface area contributed by atoms with Crippen molar-refractivity contribution < 1.29 is 0 Å². The lowest BCUT2D eigenvalue weighted by molar-refractivity contribution is -0.162. The van der Waals surface area contributed by atoms with Crippen LogP contribution in [-0.4, -0.2) is 6.54 Å². The van der Waals surface area contributed by atoms with E-state index in [4.69, 9.17) is 5.73 Å². The Morgan fingerprint density at radius 2 is 1.67 bits per heavy atom. The Morgan fingerprint density at radius 3 is 2.20 bits per heavy atom. The highest BCUT2D eigenvalue weighted by molar-refractivity contribution is 5.10. The summed E-state index contributed by atoms with van der Waals surface area (Å²) in [5.74, 6) is 3.12. The maximum Gasteiger partial charge on any atom is -0.00718 e. The summed E-state index contributed by atoms with van der Waals surface area (Å²) < 4.78 is 0. The maximum absolute atomic E-state index is 5.87. The van der Waals surface area contributed by atoms with Crippen molar-refractivity contribution in [2.24, 2.45) is 34.3 Å². The molecule has 4 fully saturated rings. The highest BCUT2D eigenvalue weighted by Crippen LogP contribution is 2.69. The van der Waals surface area contributed by atoms with Gasteiger partial charge in [0.1, 0.15) is 0 Å². The van der Waals surface area contributed by atoms with E-state index in [1.54, 1.807) is 6.42 Å². The molecule has 4 saturated carbocycles. The molecule has 0 saturated heterocycles. The zero-order valence-corrected chi connectivity index (χ0v) is 10.3. The van der Waals surface area contributed by atoms with Gasteiger partial charge in [-0.05, 0) is 73.7 Å². The average molecular weight is 207 g/mol. The van der Waals surface area contributed by atoms with E-state index in [1.807, 2.05) is 0 Å². The van der Waals surface area contributed by atoms with Gasteiger partial charge in [-0.25, -0.2) is 0 Å². The van der Waals surface area contributed by atoms with E-state index in [-0.39, 0.29) is 0 Å². The SMILES string of the molecule is CC1(C)C2CC3CC(C2)CC1(CCN)C3. The maximum atomic E-state index is 5.87. The van der Waals surface area contributed by atoms with Crippen LogP contribution in [0, 0.1) is 28.6 Å². The smallest absolute Gasteiger partial charge is 0.00718 e. The zero-order valence-electron chi connectivity index (χ0n) is 10.3. The number of hydrogen-bond donors (Lipinski definition) is 1. The van der Waals surface area contributed by atoms with Gasteiger partial charge >= 0.3 is 0 Å². The molecule has 1 nitrogen and oxygen atoms in total. The van der Waals surface area contributed by atoms with Gasteiger partial charge in [-0.3, -0.25) is 0 Å². The van der Waals surface area contributed by atoms with Gasteiger partial charge in [0, 0.05) is 0 Å². The molecule has 0 aromatic rings. The minimum Gasteiger partial charge on any atom is -0.330 e. The van der Waals surface area contributed by atoms with E-state index >= 15 is 0 Å². The summed E-state index contributed by atoms with van der Waals surface area (Å²) in [4.78, 5) is 0.